The molecule has 0 aliphatic carbocycles. The maximum absolute atomic E-state index is 11.3. The van der Waals surface area contributed by atoms with Crippen LogP contribution in [0.3, 0.4) is 0 Å². The quantitative estimate of drug-likeness (QED) is 0.709. The number of anilines is 1. The highest BCUT2D eigenvalue weighted by Crippen LogP contribution is 2.17. The maximum atomic E-state index is 11.3. The first-order chi connectivity index (χ1) is 7.21. The van der Waals surface area contributed by atoms with Crippen molar-refractivity contribution in [3.63, 3.8) is 0 Å². The Balaban J connectivity index is 3.10. The fourth-order valence-corrected chi connectivity index (χ4v) is 1.64. The Morgan fingerprint density at radius 3 is 2.56 bits per heavy atom. The first-order valence-corrected chi connectivity index (χ1v) is 5.81. The van der Waals surface area contributed by atoms with E-state index >= 15 is 0 Å². The van der Waals surface area contributed by atoms with Crippen LogP contribution in [0.5, 0.6) is 0 Å². The summed E-state index contributed by atoms with van der Waals surface area (Å²) in [5.41, 5.74) is 0. The predicted molar refractivity (Wildman–Crippen MR) is 57.3 cm³/mol. The first-order valence-electron chi connectivity index (χ1n) is 4.26. The lowest BCUT2D eigenvalue weighted by atomic mass is 10.6. The van der Waals surface area contributed by atoms with Gasteiger partial charge in [-0.25, -0.2) is 18.4 Å². The van der Waals surface area contributed by atoms with Gasteiger partial charge in [-0.3, -0.25) is 10.00 Å². The van der Waals surface area contributed by atoms with Gasteiger partial charge >= 0.3 is 6.03 Å². The van der Waals surface area contributed by atoms with Gasteiger partial charge in [0.15, 0.2) is 5.82 Å². The van der Waals surface area contributed by atoms with E-state index in [4.69, 9.17) is 5.14 Å². The SMILES string of the molecule is CN(C)C(=O)Nc1nn(C)cc1S(N)(=O)=O. The van der Waals surface area contributed by atoms with Crippen LogP contribution in [0.15, 0.2) is 11.1 Å². The molecule has 1 aromatic rings. The number of nitrogens with zero attached hydrogens (tertiary/aromatic N) is 3. The molecular weight excluding hydrogens is 234 g/mol. The van der Waals surface area contributed by atoms with Crippen LogP contribution in [-0.4, -0.2) is 43.2 Å². The third-order valence-electron chi connectivity index (χ3n) is 1.73. The third-order valence-corrected chi connectivity index (χ3v) is 2.65. The summed E-state index contributed by atoms with van der Waals surface area (Å²) in [6, 6.07) is -0.483. The number of urea groups is 1. The fourth-order valence-electron chi connectivity index (χ4n) is 0.975. The molecule has 0 saturated carbocycles. The van der Waals surface area contributed by atoms with Gasteiger partial charge in [0.05, 0.1) is 0 Å². The summed E-state index contributed by atoms with van der Waals surface area (Å²) in [7, 11) is 0.673. The monoisotopic (exact) mass is 247 g/mol. The molecule has 9 heteroatoms. The van der Waals surface area contributed by atoms with E-state index in [1.165, 1.54) is 36.9 Å². The van der Waals surface area contributed by atoms with Gasteiger partial charge in [-0.1, -0.05) is 0 Å². The van der Waals surface area contributed by atoms with Gasteiger partial charge in [0.2, 0.25) is 10.0 Å². The average molecular weight is 247 g/mol. The van der Waals surface area contributed by atoms with E-state index < -0.39 is 16.1 Å². The van der Waals surface area contributed by atoms with E-state index in [0.717, 1.165) is 0 Å². The van der Waals surface area contributed by atoms with Crippen LogP contribution in [0.1, 0.15) is 0 Å². The lowest BCUT2D eigenvalue weighted by Gasteiger charge is -2.10. The molecule has 0 aromatic carbocycles. The van der Waals surface area contributed by atoms with Gasteiger partial charge < -0.3 is 4.90 Å². The van der Waals surface area contributed by atoms with E-state index in [1.807, 2.05) is 0 Å². The summed E-state index contributed by atoms with van der Waals surface area (Å²) in [6.07, 6.45) is 1.22. The lowest BCUT2D eigenvalue weighted by Crippen LogP contribution is -2.28. The van der Waals surface area contributed by atoms with Crippen molar-refractivity contribution in [2.45, 2.75) is 4.90 Å². The molecular formula is C7H13N5O3S. The number of carbonyl (C=O) groups is 1. The second-order valence-corrected chi connectivity index (χ2v) is 4.92. The number of nitrogens with one attached hydrogen (secondary N) is 1. The predicted octanol–water partition coefficient (Wildman–Crippen LogP) is -0.839. The molecule has 2 amide bonds. The van der Waals surface area contributed by atoms with Crippen molar-refractivity contribution < 1.29 is 13.2 Å². The highest BCUT2D eigenvalue weighted by atomic mass is 32.2. The minimum Gasteiger partial charge on any atom is -0.331 e. The van der Waals surface area contributed by atoms with Crippen LogP contribution in [0.2, 0.25) is 0 Å². The van der Waals surface area contributed by atoms with E-state index in [0.29, 0.717) is 0 Å². The number of aromatic nitrogens is 2. The Labute approximate surface area is 93.1 Å². The molecule has 90 valence electrons. The van der Waals surface area contributed by atoms with Crippen molar-refractivity contribution in [1.82, 2.24) is 14.7 Å². The largest absolute Gasteiger partial charge is 0.331 e. The Morgan fingerprint density at radius 1 is 1.56 bits per heavy atom. The molecule has 0 bridgehead atoms. The van der Waals surface area contributed by atoms with E-state index in [1.54, 1.807) is 0 Å². The summed E-state index contributed by atoms with van der Waals surface area (Å²) in [4.78, 5) is 12.4. The zero-order valence-corrected chi connectivity index (χ0v) is 9.95. The lowest BCUT2D eigenvalue weighted by molar-refractivity contribution is 0.230. The maximum Gasteiger partial charge on any atom is 0.322 e. The summed E-state index contributed by atoms with van der Waals surface area (Å²) in [6.45, 7) is 0. The van der Waals surface area contributed by atoms with Crippen LogP contribution < -0.4 is 10.5 Å². The number of carbonyl (C=O) groups excluding carboxylic acids is 1. The molecule has 1 heterocycles. The normalized spacial score (nSPS) is 11.2. The number of aryl methyl sites for hydroxylation is 1. The number of sulfonamides is 1. The summed E-state index contributed by atoms with van der Waals surface area (Å²) in [5.74, 6) is -0.0799. The second-order valence-electron chi connectivity index (χ2n) is 3.39. The molecule has 0 unspecified atom stereocenters. The topological polar surface area (TPSA) is 110 Å². The van der Waals surface area contributed by atoms with Crippen molar-refractivity contribution in [2.75, 3.05) is 19.4 Å². The number of primary sulfonamides is 1. The number of hydrogen-bond donors (Lipinski definition) is 2. The zero-order chi connectivity index (χ0) is 12.5. The third kappa shape index (κ3) is 2.70. The minimum absolute atomic E-state index is 0.0799. The van der Waals surface area contributed by atoms with Crippen LogP contribution in [-0.2, 0) is 17.1 Å². The van der Waals surface area contributed by atoms with Crippen LogP contribution in [0.4, 0.5) is 10.6 Å². The van der Waals surface area contributed by atoms with Gasteiger partial charge in [0.1, 0.15) is 4.90 Å². The molecule has 0 saturated heterocycles. The van der Waals surface area contributed by atoms with Crippen molar-refractivity contribution in [2.24, 2.45) is 12.2 Å². The van der Waals surface area contributed by atoms with Crippen LogP contribution in [0, 0.1) is 0 Å². The molecule has 0 atom stereocenters. The standard InChI is InChI=1S/C7H13N5O3S/c1-11(2)7(13)9-6-5(16(8,14)15)4-12(3)10-6/h4H,1-3H3,(H2,8,14,15)(H,9,10,13). The fraction of sp³-hybridized carbons (Fsp3) is 0.429. The van der Waals surface area contributed by atoms with Crippen molar-refractivity contribution in [3.8, 4) is 0 Å². The van der Waals surface area contributed by atoms with Crippen molar-refractivity contribution in [3.05, 3.63) is 6.20 Å². The number of hydrogen-bond acceptors (Lipinski definition) is 4. The minimum atomic E-state index is -3.90. The molecule has 0 aliphatic rings. The van der Waals surface area contributed by atoms with Crippen molar-refractivity contribution in [1.29, 1.82) is 0 Å². The molecule has 8 nitrogen and oxygen atoms in total. The van der Waals surface area contributed by atoms with Gasteiger partial charge in [-0.2, -0.15) is 5.10 Å². The molecule has 0 fully saturated rings. The molecule has 1 rings (SSSR count). The van der Waals surface area contributed by atoms with E-state index in [9.17, 15) is 13.2 Å². The molecule has 1 aromatic heterocycles. The Hall–Kier alpha value is -1.61. The molecule has 0 radical (unpaired) electrons. The van der Waals surface area contributed by atoms with E-state index in [-0.39, 0.29) is 10.7 Å². The Morgan fingerprint density at radius 2 is 2.12 bits per heavy atom. The molecule has 0 spiro atoms. The first kappa shape index (κ1) is 12.5. The Kier molecular flexibility index (Phi) is 3.19. The second kappa shape index (κ2) is 4.10. The Bertz CT molecular complexity index is 504. The average Bonchev–Trinajstić information content (AvgIpc) is 2.45. The van der Waals surface area contributed by atoms with Crippen molar-refractivity contribution >= 4 is 21.9 Å². The smallest absolute Gasteiger partial charge is 0.322 e. The molecule has 3 N–H and O–H groups in total. The van der Waals surface area contributed by atoms with Crippen LogP contribution in [0.25, 0.3) is 0 Å². The zero-order valence-electron chi connectivity index (χ0n) is 9.13. The molecule has 16 heavy (non-hydrogen) atoms. The summed E-state index contributed by atoms with van der Waals surface area (Å²) >= 11 is 0. The molecule has 0 aliphatic heterocycles. The number of rotatable bonds is 2. The van der Waals surface area contributed by atoms with Gasteiger partial charge in [0, 0.05) is 27.3 Å². The van der Waals surface area contributed by atoms with Gasteiger partial charge in [-0.15, -0.1) is 0 Å². The van der Waals surface area contributed by atoms with Gasteiger partial charge in [0.25, 0.3) is 0 Å². The van der Waals surface area contributed by atoms with Crippen LogP contribution >= 0.6 is 0 Å². The summed E-state index contributed by atoms with van der Waals surface area (Å²) < 4.78 is 23.6. The van der Waals surface area contributed by atoms with E-state index in [2.05, 4.69) is 10.4 Å². The highest BCUT2D eigenvalue weighted by molar-refractivity contribution is 7.89. The summed E-state index contributed by atoms with van der Waals surface area (Å²) in [5, 5.41) is 11.1. The number of nitrogens with two attached hydrogens (primary N) is 1. The number of amides is 2. The highest BCUT2D eigenvalue weighted by Gasteiger charge is 2.20. The van der Waals surface area contributed by atoms with Gasteiger partial charge in [-0.05, 0) is 0 Å².